The quantitative estimate of drug-likeness (QED) is 0.898. The van der Waals surface area contributed by atoms with Crippen molar-refractivity contribution in [3.05, 3.63) is 12.4 Å². The van der Waals surface area contributed by atoms with Gasteiger partial charge in [0.2, 0.25) is 11.8 Å². The van der Waals surface area contributed by atoms with Gasteiger partial charge in [-0.15, -0.1) is 0 Å². The largest absolute Gasteiger partial charge is 0.408 e. The van der Waals surface area contributed by atoms with Crippen molar-refractivity contribution in [2.45, 2.75) is 57.3 Å². The van der Waals surface area contributed by atoms with Crippen LogP contribution in [0.15, 0.2) is 12.4 Å². The van der Waals surface area contributed by atoms with Gasteiger partial charge in [-0.1, -0.05) is 19.3 Å². The number of nitrogens with one attached hydrogen (secondary N) is 1. The van der Waals surface area contributed by atoms with Gasteiger partial charge in [-0.3, -0.25) is 14.3 Å². The molecular weight excluding hydrogens is 337 g/mol. The van der Waals surface area contributed by atoms with Crippen LogP contribution in [0.3, 0.4) is 0 Å². The molecule has 1 saturated heterocycles. The van der Waals surface area contributed by atoms with Crippen molar-refractivity contribution in [3.8, 4) is 0 Å². The Morgan fingerprint density at radius 3 is 2.68 bits per heavy atom. The van der Waals surface area contributed by atoms with Crippen molar-refractivity contribution in [1.29, 1.82) is 0 Å². The fourth-order valence-electron chi connectivity index (χ4n) is 3.46. The lowest BCUT2D eigenvalue weighted by atomic mass is 9.95. The van der Waals surface area contributed by atoms with Crippen LogP contribution in [0.5, 0.6) is 0 Å². The third kappa shape index (κ3) is 4.52. The molecule has 0 bridgehead atoms. The second kappa shape index (κ2) is 7.05. The molecule has 1 unspecified atom stereocenters. The molecule has 1 N–H and O–H groups in total. The molecule has 1 atom stereocenters. The molecule has 25 heavy (non-hydrogen) atoms. The average Bonchev–Trinajstić information content (AvgIpc) is 3.13. The Hall–Kier alpha value is -2.06. The van der Waals surface area contributed by atoms with Gasteiger partial charge in [0, 0.05) is 25.2 Å². The molecule has 1 aliphatic heterocycles. The molecule has 138 valence electrons. The Balaban J connectivity index is 1.59. The first-order valence-electron chi connectivity index (χ1n) is 8.52. The maximum Gasteiger partial charge on any atom is 0.408 e. The van der Waals surface area contributed by atoms with Gasteiger partial charge in [-0.25, -0.2) is 0 Å². The minimum absolute atomic E-state index is 0.0724. The summed E-state index contributed by atoms with van der Waals surface area (Å²) >= 11 is 0. The predicted molar refractivity (Wildman–Crippen MR) is 83.8 cm³/mol. The van der Waals surface area contributed by atoms with Crippen LogP contribution in [0.2, 0.25) is 0 Å². The SMILES string of the molecule is O=C(NC1CCCCC1)C1CC(=O)N(c2cnn(CC(F)(F)F)c2)C1. The van der Waals surface area contributed by atoms with Crippen LogP contribution in [-0.4, -0.2) is 40.4 Å². The summed E-state index contributed by atoms with van der Waals surface area (Å²) in [5, 5.41) is 6.65. The third-order valence-corrected chi connectivity index (χ3v) is 4.72. The number of carbonyl (C=O) groups is 2. The molecule has 1 aromatic rings. The van der Waals surface area contributed by atoms with Gasteiger partial charge in [-0.2, -0.15) is 18.3 Å². The van der Waals surface area contributed by atoms with Gasteiger partial charge in [0.05, 0.1) is 17.8 Å². The molecule has 0 aromatic carbocycles. The topological polar surface area (TPSA) is 67.2 Å². The monoisotopic (exact) mass is 358 g/mol. The van der Waals surface area contributed by atoms with E-state index in [0.717, 1.165) is 30.4 Å². The molecule has 0 spiro atoms. The van der Waals surface area contributed by atoms with Gasteiger partial charge in [0.25, 0.3) is 0 Å². The van der Waals surface area contributed by atoms with E-state index in [1.165, 1.54) is 23.7 Å². The smallest absolute Gasteiger partial charge is 0.353 e. The molecule has 2 fully saturated rings. The molecule has 6 nitrogen and oxygen atoms in total. The zero-order valence-electron chi connectivity index (χ0n) is 13.8. The highest BCUT2D eigenvalue weighted by atomic mass is 19.4. The maximum atomic E-state index is 12.4. The van der Waals surface area contributed by atoms with Gasteiger partial charge in [-0.05, 0) is 12.8 Å². The Morgan fingerprint density at radius 2 is 2.00 bits per heavy atom. The highest BCUT2D eigenvalue weighted by Gasteiger charge is 2.37. The summed E-state index contributed by atoms with van der Waals surface area (Å²) in [6.07, 6.45) is 3.41. The number of aromatic nitrogens is 2. The molecule has 1 aliphatic carbocycles. The standard InChI is InChI=1S/C16H21F3N4O2/c17-16(18,19)10-22-9-13(7-20-22)23-8-11(6-14(23)24)15(25)21-12-4-2-1-3-5-12/h7,9,11-12H,1-6,8,10H2,(H,21,25). The number of hydrogen-bond donors (Lipinski definition) is 1. The number of nitrogens with zero attached hydrogens (tertiary/aromatic N) is 3. The van der Waals surface area contributed by atoms with Crippen molar-refractivity contribution in [3.63, 3.8) is 0 Å². The number of anilines is 1. The van der Waals surface area contributed by atoms with Crippen molar-refractivity contribution >= 4 is 17.5 Å². The molecule has 2 aliphatic rings. The van der Waals surface area contributed by atoms with Gasteiger partial charge in [0.15, 0.2) is 0 Å². The molecule has 3 rings (SSSR count). The van der Waals surface area contributed by atoms with Crippen LogP contribution < -0.4 is 10.2 Å². The van der Waals surface area contributed by atoms with E-state index in [2.05, 4.69) is 10.4 Å². The minimum Gasteiger partial charge on any atom is -0.353 e. The lowest BCUT2D eigenvalue weighted by Crippen LogP contribution is -2.40. The summed E-state index contributed by atoms with van der Waals surface area (Å²) < 4.78 is 38.0. The first kappa shape index (κ1) is 17.8. The minimum atomic E-state index is -4.37. The highest BCUT2D eigenvalue weighted by molar-refractivity contribution is 6.00. The van der Waals surface area contributed by atoms with Crippen LogP contribution in [0, 0.1) is 5.92 Å². The van der Waals surface area contributed by atoms with Crippen molar-refractivity contribution in [2.75, 3.05) is 11.4 Å². The summed E-state index contributed by atoms with van der Waals surface area (Å²) in [5.41, 5.74) is 0.294. The molecule has 9 heteroatoms. The fraction of sp³-hybridized carbons (Fsp3) is 0.688. The summed E-state index contributed by atoms with van der Waals surface area (Å²) in [6, 6.07) is 0.167. The molecule has 0 radical (unpaired) electrons. The second-order valence-electron chi connectivity index (χ2n) is 6.76. The van der Waals surface area contributed by atoms with E-state index in [1.807, 2.05) is 0 Å². The van der Waals surface area contributed by atoms with Crippen molar-refractivity contribution < 1.29 is 22.8 Å². The van der Waals surface area contributed by atoms with Crippen LogP contribution >= 0.6 is 0 Å². The normalized spacial score (nSPS) is 22.4. The van der Waals surface area contributed by atoms with E-state index in [1.54, 1.807) is 0 Å². The molecule has 1 aromatic heterocycles. The Kier molecular flexibility index (Phi) is 5.01. The maximum absolute atomic E-state index is 12.4. The van der Waals surface area contributed by atoms with Crippen LogP contribution in [-0.2, 0) is 16.1 Å². The van der Waals surface area contributed by atoms with E-state index < -0.39 is 18.6 Å². The Labute approximate surface area is 143 Å². The van der Waals surface area contributed by atoms with Crippen molar-refractivity contribution in [1.82, 2.24) is 15.1 Å². The molecule has 1 saturated carbocycles. The van der Waals surface area contributed by atoms with Crippen LogP contribution in [0.25, 0.3) is 0 Å². The number of hydrogen-bond acceptors (Lipinski definition) is 3. The third-order valence-electron chi connectivity index (χ3n) is 4.72. The van der Waals surface area contributed by atoms with Gasteiger partial charge >= 0.3 is 6.18 Å². The average molecular weight is 358 g/mol. The number of amides is 2. The zero-order valence-corrected chi connectivity index (χ0v) is 13.8. The Bertz CT molecular complexity index is 638. The number of halogens is 3. The van der Waals surface area contributed by atoms with E-state index in [4.69, 9.17) is 0 Å². The first-order chi connectivity index (χ1) is 11.8. The van der Waals surface area contributed by atoms with Crippen LogP contribution in [0.1, 0.15) is 38.5 Å². The van der Waals surface area contributed by atoms with Crippen LogP contribution in [0.4, 0.5) is 18.9 Å². The van der Waals surface area contributed by atoms with E-state index in [0.29, 0.717) is 5.69 Å². The first-order valence-corrected chi connectivity index (χ1v) is 8.52. The number of alkyl halides is 3. The van der Waals surface area contributed by atoms with E-state index in [-0.39, 0.29) is 30.8 Å². The second-order valence-corrected chi connectivity index (χ2v) is 6.76. The number of rotatable bonds is 4. The summed E-state index contributed by atoms with van der Waals surface area (Å²) in [5.74, 6) is -0.888. The summed E-state index contributed by atoms with van der Waals surface area (Å²) in [7, 11) is 0. The fourth-order valence-corrected chi connectivity index (χ4v) is 3.46. The summed E-state index contributed by atoms with van der Waals surface area (Å²) in [6.45, 7) is -1.03. The lowest BCUT2D eigenvalue weighted by Gasteiger charge is -2.24. The van der Waals surface area contributed by atoms with Crippen molar-refractivity contribution in [2.24, 2.45) is 5.92 Å². The Morgan fingerprint density at radius 1 is 1.28 bits per heavy atom. The predicted octanol–water partition coefficient (Wildman–Crippen LogP) is 2.25. The summed E-state index contributed by atoms with van der Waals surface area (Å²) in [4.78, 5) is 25.9. The van der Waals surface area contributed by atoms with Gasteiger partial charge in [0.1, 0.15) is 6.54 Å². The van der Waals surface area contributed by atoms with Gasteiger partial charge < -0.3 is 10.2 Å². The zero-order chi connectivity index (χ0) is 18.0. The van der Waals surface area contributed by atoms with E-state index in [9.17, 15) is 22.8 Å². The highest BCUT2D eigenvalue weighted by Crippen LogP contribution is 2.27. The molecule has 2 amide bonds. The van der Waals surface area contributed by atoms with E-state index >= 15 is 0 Å². The lowest BCUT2D eigenvalue weighted by molar-refractivity contribution is -0.142. The number of carbonyl (C=O) groups excluding carboxylic acids is 2. The molecular formula is C16H21F3N4O2. The molecule has 2 heterocycles.